The Bertz CT molecular complexity index is 908. The number of amides is 1. The monoisotopic (exact) mass is 417 g/mol. The molecule has 4 aliphatic heterocycles. The lowest BCUT2D eigenvalue weighted by molar-refractivity contribution is -0.770. The van der Waals surface area contributed by atoms with E-state index >= 15 is 8.63 Å². The zero-order valence-electron chi connectivity index (χ0n) is 18.4. The van der Waals surface area contributed by atoms with Crippen LogP contribution in [0.25, 0.3) is 0 Å². The molecule has 4 heterocycles. The van der Waals surface area contributed by atoms with E-state index in [4.69, 9.17) is 0 Å². The van der Waals surface area contributed by atoms with Crippen LogP contribution in [0.3, 0.4) is 0 Å². The number of hydrogen-bond acceptors (Lipinski definition) is 2. The van der Waals surface area contributed by atoms with E-state index < -0.39 is 6.97 Å². The lowest BCUT2D eigenvalue weighted by atomic mass is 9.86. The van der Waals surface area contributed by atoms with Gasteiger partial charge in [-0.2, -0.15) is 0 Å². The van der Waals surface area contributed by atoms with Crippen LogP contribution < -0.4 is 4.81 Å². The summed E-state index contributed by atoms with van der Waals surface area (Å²) >= 11 is 0. The van der Waals surface area contributed by atoms with E-state index in [1.54, 1.807) is 19.1 Å². The van der Waals surface area contributed by atoms with E-state index in [-0.39, 0.29) is 17.1 Å². The topological polar surface area (TPSA) is 31.0 Å². The summed E-state index contributed by atoms with van der Waals surface area (Å²) in [7, 11) is 0. The number of allylic oxidation sites excluding steroid dienone is 6. The SMILES string of the molecule is CC1=CC(C)=[N+]2C1=CC1=CC=C(CCC(=O)N3CCN(CC(C)C)CC3)[NH+]1[B-]2(F)F. The molecule has 1 amide bonds. The molecule has 4 aliphatic rings. The fraction of sp³-hybridized carbons (Fsp3) is 0.545. The molecule has 0 aromatic carbocycles. The Labute approximate surface area is 177 Å². The van der Waals surface area contributed by atoms with Crippen LogP contribution in [0.2, 0.25) is 0 Å². The standard InChI is InChI=1S/C22H32BF2N4O/c1-16(2)15-26-9-11-27(12-10-26)22(30)8-7-19-5-6-20-14-21-17(3)13-18(4)28(21)23(24,25)29(19)20/h5-6,13-14,16,29H,7-12,15H2,1-4H3/q+1. The van der Waals surface area contributed by atoms with Crippen LogP contribution in [0, 0.1) is 5.92 Å². The summed E-state index contributed by atoms with van der Waals surface area (Å²) in [4.78, 5) is 17.1. The first-order chi connectivity index (χ1) is 14.2. The number of nitrogens with one attached hydrogen (secondary N) is 1. The van der Waals surface area contributed by atoms with Crippen LogP contribution in [0.1, 0.15) is 40.5 Å². The molecule has 162 valence electrons. The van der Waals surface area contributed by atoms with Gasteiger partial charge in [0.1, 0.15) is 11.4 Å². The first kappa shape index (κ1) is 21.2. The molecule has 0 aromatic rings. The molecule has 5 nitrogen and oxygen atoms in total. The summed E-state index contributed by atoms with van der Waals surface area (Å²) in [6.07, 6.45) is 7.87. The normalized spacial score (nSPS) is 25.7. The van der Waals surface area contributed by atoms with Gasteiger partial charge in [0.15, 0.2) is 5.70 Å². The second-order valence-electron chi connectivity index (χ2n) is 9.30. The van der Waals surface area contributed by atoms with Crippen molar-refractivity contribution in [3.8, 4) is 0 Å². The van der Waals surface area contributed by atoms with Crippen molar-refractivity contribution >= 4 is 18.6 Å². The minimum absolute atomic E-state index is 0.0680. The number of carbonyl (C=O) groups excluding carboxylic acids is 1. The van der Waals surface area contributed by atoms with Crippen LogP contribution in [-0.4, -0.2) is 65.6 Å². The Hall–Kier alpha value is -2.06. The smallest absolute Gasteiger partial charge is 0.346 e. The second-order valence-corrected chi connectivity index (χ2v) is 9.30. The van der Waals surface area contributed by atoms with Crippen molar-refractivity contribution in [2.45, 2.75) is 40.5 Å². The van der Waals surface area contributed by atoms with Gasteiger partial charge < -0.3 is 18.3 Å². The summed E-state index contributed by atoms with van der Waals surface area (Å²) in [5, 5.41) is 0. The van der Waals surface area contributed by atoms with Crippen LogP contribution in [0.5, 0.6) is 0 Å². The van der Waals surface area contributed by atoms with Gasteiger partial charge in [-0.3, -0.25) is 14.2 Å². The maximum atomic E-state index is 15.5. The van der Waals surface area contributed by atoms with Gasteiger partial charge >= 0.3 is 6.97 Å². The average Bonchev–Trinajstić information content (AvgIpc) is 3.21. The van der Waals surface area contributed by atoms with Crippen molar-refractivity contribution in [2.75, 3.05) is 32.7 Å². The molecule has 0 spiro atoms. The molecule has 30 heavy (non-hydrogen) atoms. The third-order valence-electron chi connectivity index (χ3n) is 6.51. The molecule has 1 unspecified atom stereocenters. The van der Waals surface area contributed by atoms with Crippen LogP contribution in [-0.2, 0) is 4.79 Å². The predicted octanol–water partition coefficient (Wildman–Crippen LogP) is 1.94. The molecule has 0 saturated carbocycles. The Balaban J connectivity index is 1.38. The van der Waals surface area contributed by atoms with E-state index in [1.807, 2.05) is 24.0 Å². The molecule has 0 aromatic heterocycles. The number of quaternary nitrogens is 1. The van der Waals surface area contributed by atoms with Gasteiger partial charge in [0.2, 0.25) is 5.91 Å². The van der Waals surface area contributed by atoms with E-state index in [9.17, 15) is 4.79 Å². The van der Waals surface area contributed by atoms with E-state index in [0.717, 1.165) is 38.3 Å². The number of nitrogens with zero attached hydrogens (tertiary/aromatic N) is 3. The Morgan fingerprint density at radius 1 is 1.17 bits per heavy atom. The number of rotatable bonds is 5. The third kappa shape index (κ3) is 3.71. The fourth-order valence-electron chi connectivity index (χ4n) is 5.15. The predicted molar refractivity (Wildman–Crippen MR) is 115 cm³/mol. The first-order valence-electron chi connectivity index (χ1n) is 11.0. The highest BCUT2D eigenvalue weighted by molar-refractivity contribution is 6.50. The van der Waals surface area contributed by atoms with Crippen molar-refractivity contribution in [3.05, 3.63) is 47.0 Å². The summed E-state index contributed by atoms with van der Waals surface area (Å²) in [6, 6.07) is 0. The first-order valence-corrected chi connectivity index (χ1v) is 11.0. The molecule has 4 rings (SSSR count). The summed E-state index contributed by atoms with van der Waals surface area (Å²) < 4.78 is 32.2. The van der Waals surface area contributed by atoms with Crippen molar-refractivity contribution in [2.24, 2.45) is 5.92 Å². The molecular formula is C22H32BF2N4O+. The fourth-order valence-corrected chi connectivity index (χ4v) is 5.15. The van der Waals surface area contributed by atoms with Gasteiger partial charge in [0.25, 0.3) is 0 Å². The summed E-state index contributed by atoms with van der Waals surface area (Å²) in [5.41, 5.74) is 3.25. The molecule has 8 heteroatoms. The molecular weight excluding hydrogens is 385 g/mol. The number of piperazine rings is 1. The number of fused-ring (bicyclic) bond motifs is 2. The maximum absolute atomic E-state index is 15.5. The van der Waals surface area contributed by atoms with Crippen molar-refractivity contribution in [1.29, 1.82) is 0 Å². The second kappa shape index (κ2) is 7.89. The van der Waals surface area contributed by atoms with Gasteiger partial charge in [0, 0.05) is 70.2 Å². The number of carbonyl (C=O) groups is 1. The van der Waals surface area contributed by atoms with Gasteiger partial charge in [-0.05, 0) is 18.9 Å². The van der Waals surface area contributed by atoms with E-state index in [0.29, 0.717) is 35.1 Å². The summed E-state index contributed by atoms with van der Waals surface area (Å²) in [6.45, 7) is 8.41. The van der Waals surface area contributed by atoms with Crippen LogP contribution in [0.4, 0.5) is 8.63 Å². The van der Waals surface area contributed by atoms with Gasteiger partial charge in [0.05, 0.1) is 11.8 Å². The van der Waals surface area contributed by atoms with Gasteiger partial charge in [-0.15, -0.1) is 0 Å². The van der Waals surface area contributed by atoms with Crippen molar-refractivity contribution < 1.29 is 22.7 Å². The molecule has 0 aliphatic carbocycles. The van der Waals surface area contributed by atoms with Gasteiger partial charge in [-0.25, -0.2) is 0 Å². The van der Waals surface area contributed by atoms with Crippen molar-refractivity contribution in [1.82, 2.24) is 9.80 Å². The van der Waals surface area contributed by atoms with Crippen LogP contribution >= 0.6 is 0 Å². The lowest BCUT2D eigenvalue weighted by Gasteiger charge is -2.36. The average molecular weight is 417 g/mol. The minimum Gasteiger partial charge on any atom is -0.346 e. The molecule has 0 bridgehead atoms. The molecule has 0 radical (unpaired) electrons. The van der Waals surface area contributed by atoms with Crippen LogP contribution in [0.15, 0.2) is 47.0 Å². The third-order valence-corrected chi connectivity index (χ3v) is 6.51. The van der Waals surface area contributed by atoms with E-state index in [2.05, 4.69) is 18.7 Å². The zero-order valence-corrected chi connectivity index (χ0v) is 18.4. The minimum atomic E-state index is -3.88. The highest BCUT2D eigenvalue weighted by Crippen LogP contribution is 2.29. The number of hydrogen-bond donors (Lipinski definition) is 1. The molecule has 1 fully saturated rings. The zero-order chi connectivity index (χ0) is 21.6. The van der Waals surface area contributed by atoms with Gasteiger partial charge in [-0.1, -0.05) is 13.8 Å². The molecule has 1 saturated heterocycles. The Morgan fingerprint density at radius 2 is 1.87 bits per heavy atom. The quantitative estimate of drug-likeness (QED) is 0.694. The Morgan fingerprint density at radius 3 is 2.53 bits per heavy atom. The van der Waals surface area contributed by atoms with E-state index in [1.165, 1.54) is 4.49 Å². The molecule has 1 atom stereocenters. The summed E-state index contributed by atoms with van der Waals surface area (Å²) in [5.74, 6) is 0.683. The highest BCUT2D eigenvalue weighted by Gasteiger charge is 2.64. The highest BCUT2D eigenvalue weighted by atomic mass is 19.2. The maximum Gasteiger partial charge on any atom is 0.854 e. The largest absolute Gasteiger partial charge is 0.854 e. The lowest BCUT2D eigenvalue weighted by Crippen LogP contribution is -3.19. The number of halogens is 2. The molecule has 1 N–H and O–H groups in total. The Kier molecular flexibility index (Phi) is 5.57. The van der Waals surface area contributed by atoms with Crippen molar-refractivity contribution in [3.63, 3.8) is 0 Å².